The highest BCUT2D eigenvalue weighted by Crippen LogP contribution is 2.24. The molecule has 168 valence electrons. The van der Waals surface area contributed by atoms with Crippen LogP contribution in [0.3, 0.4) is 0 Å². The lowest BCUT2D eigenvalue weighted by atomic mass is 10.1. The fourth-order valence-corrected chi connectivity index (χ4v) is 4.75. The third-order valence-electron chi connectivity index (χ3n) is 4.66. The maximum Gasteiger partial charge on any atom is 0.282 e. The first-order chi connectivity index (χ1) is 16.1. The van der Waals surface area contributed by atoms with E-state index in [4.69, 9.17) is 0 Å². The van der Waals surface area contributed by atoms with Gasteiger partial charge in [0.25, 0.3) is 5.91 Å². The van der Waals surface area contributed by atoms with Crippen LogP contribution >= 0.6 is 23.1 Å². The number of aromatic nitrogens is 5. The predicted octanol–water partition coefficient (Wildman–Crippen LogP) is 4.27. The standard InChI is InChI=1S/C23H21FN6OS2/c1-2-12-30-19(13-16-6-4-3-5-7-16)26-29-23(30)32-15-20-27-28-22(33-20)21(31)25-14-17-8-10-18(24)11-9-17/h2-11H,1,12-15H2,(H,25,31). The second-order valence-corrected chi connectivity index (χ2v) is 9.06. The molecule has 4 rings (SSSR count). The van der Waals surface area contributed by atoms with E-state index in [1.807, 2.05) is 28.8 Å². The number of nitrogens with one attached hydrogen (secondary N) is 1. The van der Waals surface area contributed by atoms with Crippen molar-refractivity contribution in [2.45, 2.75) is 30.4 Å². The van der Waals surface area contributed by atoms with Gasteiger partial charge in [-0.3, -0.25) is 4.79 Å². The fraction of sp³-hybridized carbons (Fsp3) is 0.174. The summed E-state index contributed by atoms with van der Waals surface area (Å²) in [7, 11) is 0. The first kappa shape index (κ1) is 22.8. The summed E-state index contributed by atoms with van der Waals surface area (Å²) in [5.74, 6) is 0.756. The molecule has 0 aliphatic heterocycles. The first-order valence-corrected chi connectivity index (χ1v) is 12.0. The molecule has 0 fully saturated rings. The number of hydrogen-bond donors (Lipinski definition) is 1. The van der Waals surface area contributed by atoms with Gasteiger partial charge in [-0.2, -0.15) is 0 Å². The van der Waals surface area contributed by atoms with Gasteiger partial charge in [-0.15, -0.1) is 27.0 Å². The molecule has 1 N–H and O–H groups in total. The minimum absolute atomic E-state index is 0.282. The van der Waals surface area contributed by atoms with Crippen molar-refractivity contribution >= 4 is 29.0 Å². The van der Waals surface area contributed by atoms with Crippen LogP contribution in [0.5, 0.6) is 0 Å². The topological polar surface area (TPSA) is 85.6 Å². The summed E-state index contributed by atoms with van der Waals surface area (Å²) in [5, 5.41) is 21.4. The quantitative estimate of drug-likeness (QED) is 0.270. The van der Waals surface area contributed by atoms with E-state index in [0.29, 0.717) is 23.7 Å². The number of rotatable bonds is 10. The number of thioether (sulfide) groups is 1. The van der Waals surface area contributed by atoms with Crippen LogP contribution in [0.15, 0.2) is 72.4 Å². The second-order valence-electron chi connectivity index (χ2n) is 7.06. The fourth-order valence-electron chi connectivity index (χ4n) is 3.04. The largest absolute Gasteiger partial charge is 0.346 e. The number of amides is 1. The van der Waals surface area contributed by atoms with Crippen molar-refractivity contribution in [3.05, 3.63) is 100 Å². The molecule has 0 saturated carbocycles. The molecule has 0 aliphatic rings. The first-order valence-electron chi connectivity index (χ1n) is 10.2. The van der Waals surface area contributed by atoms with Crippen LogP contribution in [0.4, 0.5) is 4.39 Å². The summed E-state index contributed by atoms with van der Waals surface area (Å²) < 4.78 is 15.0. The van der Waals surface area contributed by atoms with Crippen LogP contribution in [-0.4, -0.2) is 30.9 Å². The summed E-state index contributed by atoms with van der Waals surface area (Å²) in [6, 6.07) is 16.1. The molecule has 0 aliphatic carbocycles. The Kier molecular flexibility index (Phi) is 7.59. The summed E-state index contributed by atoms with van der Waals surface area (Å²) >= 11 is 2.72. The Balaban J connectivity index is 1.36. The number of carbonyl (C=O) groups excluding carboxylic acids is 1. The van der Waals surface area contributed by atoms with Crippen LogP contribution < -0.4 is 5.32 Å². The maximum atomic E-state index is 13.0. The lowest BCUT2D eigenvalue weighted by molar-refractivity contribution is 0.0950. The van der Waals surface area contributed by atoms with Gasteiger partial charge >= 0.3 is 0 Å². The Morgan fingerprint density at radius 3 is 2.61 bits per heavy atom. The van der Waals surface area contributed by atoms with E-state index in [-0.39, 0.29) is 23.3 Å². The van der Waals surface area contributed by atoms with Crippen molar-refractivity contribution in [3.63, 3.8) is 0 Å². The number of hydrogen-bond acceptors (Lipinski definition) is 7. The predicted molar refractivity (Wildman–Crippen MR) is 127 cm³/mol. The summed E-state index contributed by atoms with van der Waals surface area (Å²) in [6.07, 6.45) is 2.50. The van der Waals surface area contributed by atoms with Crippen molar-refractivity contribution in [1.82, 2.24) is 30.3 Å². The lowest BCUT2D eigenvalue weighted by Gasteiger charge is -2.07. The smallest absolute Gasteiger partial charge is 0.282 e. The van der Waals surface area contributed by atoms with Crippen LogP contribution in [0.1, 0.15) is 31.8 Å². The zero-order valence-corrected chi connectivity index (χ0v) is 19.3. The molecule has 0 bridgehead atoms. The minimum atomic E-state index is -0.313. The monoisotopic (exact) mass is 480 g/mol. The van der Waals surface area contributed by atoms with E-state index in [1.54, 1.807) is 12.1 Å². The van der Waals surface area contributed by atoms with E-state index >= 15 is 0 Å². The molecule has 2 heterocycles. The molecule has 0 spiro atoms. The van der Waals surface area contributed by atoms with Crippen LogP contribution in [0, 0.1) is 5.82 Å². The molecule has 4 aromatic rings. The Morgan fingerprint density at radius 1 is 1.06 bits per heavy atom. The highest BCUT2D eigenvalue weighted by Gasteiger charge is 2.16. The van der Waals surface area contributed by atoms with E-state index in [1.165, 1.54) is 35.2 Å². The summed E-state index contributed by atoms with van der Waals surface area (Å²) in [5.41, 5.74) is 1.96. The normalized spacial score (nSPS) is 10.8. The number of nitrogens with zero attached hydrogens (tertiary/aromatic N) is 5. The van der Waals surface area contributed by atoms with E-state index in [0.717, 1.165) is 22.1 Å². The number of carbonyl (C=O) groups is 1. The molecule has 2 aromatic carbocycles. The molecule has 2 aromatic heterocycles. The number of benzene rings is 2. The number of halogens is 1. The Hall–Kier alpha value is -3.37. The van der Waals surface area contributed by atoms with Crippen molar-refractivity contribution in [1.29, 1.82) is 0 Å². The van der Waals surface area contributed by atoms with Gasteiger partial charge in [0.2, 0.25) is 5.01 Å². The third kappa shape index (κ3) is 6.11. The molecule has 0 atom stereocenters. The summed E-state index contributed by atoms with van der Waals surface area (Å²) in [4.78, 5) is 12.4. The molecule has 0 radical (unpaired) electrons. The van der Waals surface area contributed by atoms with E-state index < -0.39 is 0 Å². The SMILES string of the molecule is C=CCn1c(Cc2ccccc2)nnc1SCc1nnc(C(=O)NCc2ccc(F)cc2)s1. The average Bonchev–Trinajstić information content (AvgIpc) is 3.46. The zero-order valence-electron chi connectivity index (χ0n) is 17.6. The van der Waals surface area contributed by atoms with Crippen LogP contribution in [0.25, 0.3) is 0 Å². The van der Waals surface area contributed by atoms with Crippen LogP contribution in [-0.2, 0) is 25.3 Å². The Labute approximate surface area is 198 Å². The molecule has 33 heavy (non-hydrogen) atoms. The molecule has 7 nitrogen and oxygen atoms in total. The Morgan fingerprint density at radius 2 is 1.85 bits per heavy atom. The Bertz CT molecular complexity index is 1220. The van der Waals surface area contributed by atoms with Gasteiger partial charge in [-0.05, 0) is 23.3 Å². The molecular formula is C23H21FN6OS2. The lowest BCUT2D eigenvalue weighted by Crippen LogP contribution is -2.22. The van der Waals surface area contributed by atoms with Gasteiger partial charge in [-0.25, -0.2) is 4.39 Å². The van der Waals surface area contributed by atoms with Gasteiger partial charge in [0.15, 0.2) is 5.16 Å². The van der Waals surface area contributed by atoms with Crippen molar-refractivity contribution in [2.24, 2.45) is 0 Å². The van der Waals surface area contributed by atoms with Gasteiger partial charge in [0.05, 0.1) is 5.75 Å². The van der Waals surface area contributed by atoms with Crippen molar-refractivity contribution in [2.75, 3.05) is 0 Å². The number of allylic oxidation sites excluding steroid dienone is 1. The molecular weight excluding hydrogens is 459 g/mol. The van der Waals surface area contributed by atoms with Gasteiger partial charge in [-0.1, -0.05) is 71.6 Å². The maximum absolute atomic E-state index is 13.0. The zero-order chi connectivity index (χ0) is 23.0. The van der Waals surface area contributed by atoms with Gasteiger partial charge in [0, 0.05) is 19.5 Å². The van der Waals surface area contributed by atoms with Crippen molar-refractivity contribution < 1.29 is 9.18 Å². The molecule has 0 unspecified atom stereocenters. The third-order valence-corrected chi connectivity index (χ3v) is 6.75. The molecule has 10 heteroatoms. The highest BCUT2D eigenvalue weighted by molar-refractivity contribution is 7.98. The molecule has 1 amide bonds. The minimum Gasteiger partial charge on any atom is -0.346 e. The highest BCUT2D eigenvalue weighted by atomic mass is 32.2. The summed E-state index contributed by atoms with van der Waals surface area (Å²) in [6.45, 7) is 4.73. The van der Waals surface area contributed by atoms with Crippen molar-refractivity contribution in [3.8, 4) is 0 Å². The molecule has 0 saturated heterocycles. The van der Waals surface area contributed by atoms with Gasteiger partial charge < -0.3 is 9.88 Å². The van der Waals surface area contributed by atoms with Crippen LogP contribution in [0.2, 0.25) is 0 Å². The average molecular weight is 481 g/mol. The van der Waals surface area contributed by atoms with E-state index in [2.05, 4.69) is 44.4 Å². The van der Waals surface area contributed by atoms with E-state index in [9.17, 15) is 9.18 Å². The van der Waals surface area contributed by atoms with Gasteiger partial charge in [0.1, 0.15) is 16.6 Å². The second kappa shape index (κ2) is 11.0.